The minimum atomic E-state index is -0.383. The van der Waals surface area contributed by atoms with Gasteiger partial charge in [0.2, 0.25) is 0 Å². The zero-order valence-corrected chi connectivity index (χ0v) is 8.41. The first-order valence-corrected chi connectivity index (χ1v) is 5.34. The van der Waals surface area contributed by atoms with Gasteiger partial charge in [0.1, 0.15) is 0 Å². The van der Waals surface area contributed by atoms with Crippen LogP contribution in [0.4, 0.5) is 9.59 Å². The molecule has 0 aromatic carbocycles. The van der Waals surface area contributed by atoms with Crippen LogP contribution in [0.1, 0.15) is 6.92 Å². The molecule has 0 atom stereocenters. The Balaban J connectivity index is 3.39. The minimum Gasteiger partial charge on any atom is -0.361 e. The van der Waals surface area contributed by atoms with E-state index in [1.807, 2.05) is 6.92 Å². The number of hydrogen-bond acceptors (Lipinski definition) is 4. The molecular formula is C6H12N2O2S2. The maximum Gasteiger partial charge on any atom is 0.276 e. The Labute approximate surface area is 79.8 Å². The van der Waals surface area contributed by atoms with Gasteiger partial charge in [-0.3, -0.25) is 9.59 Å². The number of hydrogen-bond donors (Lipinski definition) is 2. The van der Waals surface area contributed by atoms with Crippen LogP contribution in [0, 0.1) is 5.92 Å². The number of amides is 2. The highest BCUT2D eigenvalue weighted by Crippen LogP contribution is 2.13. The minimum absolute atomic E-state index is 0.264. The molecular weight excluding hydrogens is 196 g/mol. The summed E-state index contributed by atoms with van der Waals surface area (Å²) >= 11 is 2.13. The van der Waals surface area contributed by atoms with Crippen LogP contribution in [0.3, 0.4) is 0 Å². The molecule has 6 heteroatoms. The zero-order chi connectivity index (χ0) is 9.56. The topological polar surface area (TPSA) is 86.2 Å². The van der Waals surface area contributed by atoms with Crippen LogP contribution in [0.5, 0.6) is 0 Å². The van der Waals surface area contributed by atoms with Crippen molar-refractivity contribution in [2.45, 2.75) is 6.92 Å². The molecule has 0 unspecified atom stereocenters. The molecule has 0 rings (SSSR count). The van der Waals surface area contributed by atoms with E-state index in [1.54, 1.807) is 0 Å². The molecule has 0 spiro atoms. The van der Waals surface area contributed by atoms with Crippen molar-refractivity contribution in [1.82, 2.24) is 0 Å². The fraction of sp³-hybridized carbons (Fsp3) is 0.667. The molecule has 0 radical (unpaired) electrons. The molecule has 0 saturated carbocycles. The highest BCUT2D eigenvalue weighted by molar-refractivity contribution is 8.14. The van der Waals surface area contributed by atoms with Gasteiger partial charge in [0, 0.05) is 11.5 Å². The molecule has 0 saturated heterocycles. The summed E-state index contributed by atoms with van der Waals surface area (Å²) in [6.07, 6.45) is 0. The molecule has 0 bridgehead atoms. The fourth-order valence-electron chi connectivity index (χ4n) is 0.497. The van der Waals surface area contributed by atoms with Gasteiger partial charge in [-0.15, -0.1) is 0 Å². The molecule has 0 aromatic rings. The van der Waals surface area contributed by atoms with E-state index in [9.17, 15) is 9.59 Å². The largest absolute Gasteiger partial charge is 0.361 e. The number of primary amides is 2. The first-order valence-electron chi connectivity index (χ1n) is 3.37. The van der Waals surface area contributed by atoms with Gasteiger partial charge in [0.25, 0.3) is 10.5 Å². The summed E-state index contributed by atoms with van der Waals surface area (Å²) in [5.41, 5.74) is 9.84. The average Bonchev–Trinajstić information content (AvgIpc) is 1.96. The second kappa shape index (κ2) is 6.19. The molecule has 70 valence electrons. The molecule has 12 heavy (non-hydrogen) atoms. The van der Waals surface area contributed by atoms with Gasteiger partial charge in [-0.25, -0.2) is 0 Å². The van der Waals surface area contributed by atoms with E-state index >= 15 is 0 Å². The second-order valence-corrected chi connectivity index (χ2v) is 4.41. The molecule has 0 aliphatic rings. The van der Waals surface area contributed by atoms with Crippen molar-refractivity contribution < 1.29 is 9.59 Å². The average molecular weight is 208 g/mol. The number of thioether (sulfide) groups is 2. The van der Waals surface area contributed by atoms with Gasteiger partial charge < -0.3 is 11.5 Å². The van der Waals surface area contributed by atoms with E-state index in [0.29, 0.717) is 11.5 Å². The van der Waals surface area contributed by atoms with E-state index in [2.05, 4.69) is 0 Å². The van der Waals surface area contributed by atoms with Gasteiger partial charge in [-0.05, 0) is 5.92 Å². The lowest BCUT2D eigenvalue weighted by molar-refractivity contribution is 0.266. The van der Waals surface area contributed by atoms with E-state index < -0.39 is 0 Å². The van der Waals surface area contributed by atoms with Crippen LogP contribution >= 0.6 is 23.5 Å². The third kappa shape index (κ3) is 7.74. The predicted molar refractivity (Wildman–Crippen MR) is 53.2 cm³/mol. The summed E-state index contributed by atoms with van der Waals surface area (Å²) in [5, 5.41) is -0.767. The quantitative estimate of drug-likeness (QED) is 0.728. The Kier molecular flexibility index (Phi) is 6.00. The molecule has 0 aromatic heterocycles. The number of carbonyl (C=O) groups excluding carboxylic acids is 2. The van der Waals surface area contributed by atoms with E-state index in [1.165, 1.54) is 0 Å². The molecule has 0 heterocycles. The molecule has 0 aliphatic carbocycles. The van der Waals surface area contributed by atoms with Crippen molar-refractivity contribution in [3.63, 3.8) is 0 Å². The molecule has 0 fully saturated rings. The summed E-state index contributed by atoms with van der Waals surface area (Å²) in [6, 6.07) is 0. The van der Waals surface area contributed by atoms with Crippen LogP contribution in [-0.2, 0) is 0 Å². The monoisotopic (exact) mass is 208 g/mol. The summed E-state index contributed by atoms with van der Waals surface area (Å²) in [5.74, 6) is 1.53. The lowest BCUT2D eigenvalue weighted by atomic mass is 10.3. The Morgan fingerprint density at radius 1 is 1.17 bits per heavy atom. The second-order valence-electron chi connectivity index (χ2n) is 2.37. The summed E-state index contributed by atoms with van der Waals surface area (Å²) in [4.78, 5) is 20.7. The normalized spacial score (nSPS) is 10.2. The van der Waals surface area contributed by atoms with E-state index in [4.69, 9.17) is 11.5 Å². The van der Waals surface area contributed by atoms with Crippen molar-refractivity contribution >= 4 is 34.0 Å². The fourth-order valence-corrected chi connectivity index (χ4v) is 1.78. The maximum absolute atomic E-state index is 10.3. The Morgan fingerprint density at radius 3 is 1.75 bits per heavy atom. The summed E-state index contributed by atoms with van der Waals surface area (Å²) < 4.78 is 0. The van der Waals surface area contributed by atoms with Crippen LogP contribution < -0.4 is 11.5 Å². The number of nitrogens with two attached hydrogens (primary N) is 2. The Morgan fingerprint density at radius 2 is 1.50 bits per heavy atom. The Bertz CT molecular complexity index is 157. The zero-order valence-electron chi connectivity index (χ0n) is 6.78. The summed E-state index contributed by atoms with van der Waals surface area (Å²) in [7, 11) is 0. The lowest BCUT2D eigenvalue weighted by Crippen LogP contribution is -2.11. The molecule has 2 amide bonds. The van der Waals surface area contributed by atoms with Gasteiger partial charge in [-0.2, -0.15) is 0 Å². The predicted octanol–water partition coefficient (Wildman–Crippen LogP) is 1.25. The van der Waals surface area contributed by atoms with Crippen molar-refractivity contribution in [2.24, 2.45) is 17.4 Å². The molecule has 4 N–H and O–H groups in total. The van der Waals surface area contributed by atoms with Crippen molar-refractivity contribution in [3.8, 4) is 0 Å². The van der Waals surface area contributed by atoms with E-state index in [0.717, 1.165) is 23.5 Å². The van der Waals surface area contributed by atoms with Crippen LogP contribution in [0.25, 0.3) is 0 Å². The first kappa shape index (κ1) is 11.6. The third-order valence-corrected chi connectivity index (χ3v) is 3.06. The van der Waals surface area contributed by atoms with Crippen molar-refractivity contribution in [2.75, 3.05) is 11.5 Å². The van der Waals surface area contributed by atoms with Gasteiger partial charge >= 0.3 is 0 Å². The summed E-state index contributed by atoms with van der Waals surface area (Å²) in [6.45, 7) is 1.94. The lowest BCUT2D eigenvalue weighted by Gasteiger charge is -2.06. The van der Waals surface area contributed by atoms with Gasteiger partial charge in [0.05, 0.1) is 0 Å². The van der Waals surface area contributed by atoms with Crippen molar-refractivity contribution in [1.29, 1.82) is 0 Å². The maximum atomic E-state index is 10.3. The van der Waals surface area contributed by atoms with Crippen LogP contribution in [0.15, 0.2) is 0 Å². The number of carbonyl (C=O) groups is 2. The van der Waals surface area contributed by atoms with Gasteiger partial charge in [-0.1, -0.05) is 30.4 Å². The third-order valence-electron chi connectivity index (χ3n) is 1.02. The number of rotatable bonds is 4. The molecule has 4 nitrogen and oxygen atoms in total. The highest BCUT2D eigenvalue weighted by Gasteiger charge is 2.06. The Hall–Kier alpha value is -0.360. The van der Waals surface area contributed by atoms with Crippen LogP contribution in [0.2, 0.25) is 0 Å². The standard InChI is InChI=1S/C6H12N2O2S2/c1-4(2-11-5(7)9)3-12-6(8)10/h4H,2-3H2,1H3,(H2,7,9)(H2,8,10). The van der Waals surface area contributed by atoms with Crippen LogP contribution in [-0.4, -0.2) is 22.0 Å². The van der Waals surface area contributed by atoms with Crippen molar-refractivity contribution in [3.05, 3.63) is 0 Å². The first-order chi connectivity index (χ1) is 5.52. The van der Waals surface area contributed by atoms with E-state index in [-0.39, 0.29) is 16.4 Å². The molecule has 0 aliphatic heterocycles. The highest BCUT2D eigenvalue weighted by atomic mass is 32.2. The van der Waals surface area contributed by atoms with Gasteiger partial charge in [0.15, 0.2) is 0 Å². The SMILES string of the molecule is CC(CSC(N)=O)CSC(N)=O. The smallest absolute Gasteiger partial charge is 0.276 e.